The topological polar surface area (TPSA) is 41.6 Å². The van der Waals surface area contributed by atoms with E-state index in [9.17, 15) is 13.6 Å². The number of nitrogens with zero attached hydrogens (tertiary/aromatic N) is 1. The van der Waals surface area contributed by atoms with Gasteiger partial charge in [-0.25, -0.2) is 13.6 Å². The van der Waals surface area contributed by atoms with Crippen LogP contribution in [0.25, 0.3) is 0 Å². The Morgan fingerprint density at radius 2 is 2.05 bits per heavy atom. The molecule has 0 unspecified atom stereocenters. The Bertz CT molecular complexity index is 539. The van der Waals surface area contributed by atoms with Crippen molar-refractivity contribution in [2.75, 3.05) is 19.6 Å². The van der Waals surface area contributed by atoms with Gasteiger partial charge in [-0.3, -0.25) is 0 Å². The number of amides is 1. The normalized spacial score (nSPS) is 16.8. The molecule has 1 saturated heterocycles. The molecule has 1 fully saturated rings. The fourth-order valence-corrected chi connectivity index (χ4v) is 2.28. The summed E-state index contributed by atoms with van der Waals surface area (Å²) in [5.74, 6) is -1.30. The third-order valence-corrected chi connectivity index (χ3v) is 3.42. The maximum atomic E-state index is 14.0. The van der Waals surface area contributed by atoms with Gasteiger partial charge in [-0.15, -0.1) is 0 Å². The Morgan fingerprint density at radius 1 is 1.36 bits per heavy atom. The van der Waals surface area contributed by atoms with Crippen LogP contribution in [-0.4, -0.2) is 36.2 Å². The third-order valence-electron chi connectivity index (χ3n) is 3.42. The molecule has 0 aliphatic carbocycles. The molecule has 0 aromatic heterocycles. The first-order valence-corrected chi connectivity index (χ1v) is 7.41. The molecule has 1 atom stereocenters. The van der Waals surface area contributed by atoms with Gasteiger partial charge >= 0.3 is 6.09 Å². The third kappa shape index (κ3) is 4.66. The van der Waals surface area contributed by atoms with E-state index in [1.54, 1.807) is 20.8 Å². The molecule has 4 nitrogen and oxygen atoms in total. The first-order valence-electron chi connectivity index (χ1n) is 7.41. The Kier molecular flexibility index (Phi) is 5.01. The summed E-state index contributed by atoms with van der Waals surface area (Å²) in [6.07, 6.45) is 0.479. The zero-order chi connectivity index (χ0) is 16.3. The number of halogens is 2. The van der Waals surface area contributed by atoms with Gasteiger partial charge < -0.3 is 15.0 Å². The molecule has 6 heteroatoms. The number of rotatable bonds is 4. The van der Waals surface area contributed by atoms with E-state index in [1.165, 1.54) is 12.1 Å². The Labute approximate surface area is 129 Å². The van der Waals surface area contributed by atoms with Gasteiger partial charge in [0.15, 0.2) is 0 Å². The maximum Gasteiger partial charge on any atom is 0.408 e. The van der Waals surface area contributed by atoms with E-state index in [0.29, 0.717) is 6.54 Å². The molecule has 0 spiro atoms. The van der Waals surface area contributed by atoms with Gasteiger partial charge in [-0.2, -0.15) is 0 Å². The average molecular weight is 312 g/mol. The average Bonchev–Trinajstić information content (AvgIpc) is 2.30. The van der Waals surface area contributed by atoms with Gasteiger partial charge in [-0.05, 0) is 46.3 Å². The molecule has 1 aliphatic heterocycles. The van der Waals surface area contributed by atoms with Crippen molar-refractivity contribution in [1.82, 2.24) is 10.2 Å². The van der Waals surface area contributed by atoms with Gasteiger partial charge in [0.05, 0.1) is 6.04 Å². The second-order valence-corrected chi connectivity index (χ2v) is 6.52. The lowest BCUT2D eigenvalue weighted by Gasteiger charge is -2.34. The van der Waals surface area contributed by atoms with Crippen LogP contribution >= 0.6 is 0 Å². The number of alkyl carbamates (subject to hydrolysis) is 1. The van der Waals surface area contributed by atoms with Crippen molar-refractivity contribution in [2.45, 2.75) is 38.8 Å². The molecular formula is C16H22F2N2O2. The lowest BCUT2D eigenvalue weighted by Crippen LogP contribution is -2.45. The Morgan fingerprint density at radius 3 is 2.55 bits per heavy atom. The molecule has 1 aliphatic rings. The highest BCUT2D eigenvalue weighted by Gasteiger charge is 2.26. The molecule has 2 rings (SSSR count). The van der Waals surface area contributed by atoms with Gasteiger partial charge in [0.1, 0.15) is 17.2 Å². The summed E-state index contributed by atoms with van der Waals surface area (Å²) < 4.78 is 32.3. The molecule has 0 radical (unpaired) electrons. The minimum Gasteiger partial charge on any atom is -0.444 e. The van der Waals surface area contributed by atoms with E-state index in [2.05, 4.69) is 10.2 Å². The molecule has 0 saturated carbocycles. The largest absolute Gasteiger partial charge is 0.444 e. The number of likely N-dealkylation sites (tertiary alicyclic amines) is 1. The lowest BCUT2D eigenvalue weighted by molar-refractivity contribution is 0.0478. The summed E-state index contributed by atoms with van der Waals surface area (Å²) in [5, 5.41) is 2.68. The Balaban J connectivity index is 2.13. The van der Waals surface area contributed by atoms with E-state index in [4.69, 9.17) is 4.74 Å². The van der Waals surface area contributed by atoms with Crippen LogP contribution in [0.3, 0.4) is 0 Å². The van der Waals surface area contributed by atoms with Crippen molar-refractivity contribution in [3.63, 3.8) is 0 Å². The summed E-state index contributed by atoms with van der Waals surface area (Å²) in [4.78, 5) is 14.1. The van der Waals surface area contributed by atoms with Crippen LogP contribution in [0.2, 0.25) is 0 Å². The standard InChI is InChI=1S/C16H22F2N2O2/c1-16(2,3)22-15(21)19-14(10-20-7-4-8-20)12-6-5-11(17)9-13(12)18/h5-6,9,14H,4,7-8,10H2,1-3H3,(H,19,21)/t14-/m1/s1. The van der Waals surface area contributed by atoms with Crippen molar-refractivity contribution in [2.24, 2.45) is 0 Å². The van der Waals surface area contributed by atoms with Crippen molar-refractivity contribution in [1.29, 1.82) is 0 Å². The van der Waals surface area contributed by atoms with Gasteiger partial charge in [0, 0.05) is 18.2 Å². The molecular weight excluding hydrogens is 290 g/mol. The van der Waals surface area contributed by atoms with E-state index in [-0.39, 0.29) is 5.56 Å². The van der Waals surface area contributed by atoms with E-state index >= 15 is 0 Å². The highest BCUT2D eigenvalue weighted by molar-refractivity contribution is 5.68. The van der Waals surface area contributed by atoms with Gasteiger partial charge in [0.2, 0.25) is 0 Å². The van der Waals surface area contributed by atoms with Gasteiger partial charge in [0.25, 0.3) is 0 Å². The number of benzene rings is 1. The van der Waals surface area contributed by atoms with E-state index in [0.717, 1.165) is 25.6 Å². The van der Waals surface area contributed by atoms with Crippen LogP contribution in [0.4, 0.5) is 13.6 Å². The van der Waals surface area contributed by atoms with Crippen molar-refractivity contribution in [3.8, 4) is 0 Å². The smallest absolute Gasteiger partial charge is 0.408 e. The van der Waals surface area contributed by atoms with E-state index < -0.39 is 29.4 Å². The Hall–Kier alpha value is -1.69. The zero-order valence-corrected chi connectivity index (χ0v) is 13.2. The van der Waals surface area contributed by atoms with Crippen molar-refractivity contribution >= 4 is 6.09 Å². The SMILES string of the molecule is CC(C)(C)OC(=O)N[C@H](CN1CCC1)c1ccc(F)cc1F. The summed E-state index contributed by atoms with van der Waals surface area (Å²) in [5.41, 5.74) is -0.369. The second-order valence-electron chi connectivity index (χ2n) is 6.52. The summed E-state index contributed by atoms with van der Waals surface area (Å²) in [6.45, 7) is 7.58. The molecule has 1 heterocycles. The molecule has 1 amide bonds. The lowest BCUT2D eigenvalue weighted by atomic mass is 10.0. The molecule has 1 N–H and O–H groups in total. The minimum atomic E-state index is -0.665. The zero-order valence-electron chi connectivity index (χ0n) is 13.2. The second kappa shape index (κ2) is 6.60. The molecule has 22 heavy (non-hydrogen) atoms. The molecule has 1 aromatic carbocycles. The molecule has 122 valence electrons. The van der Waals surface area contributed by atoms with Crippen LogP contribution in [-0.2, 0) is 4.74 Å². The molecule has 0 bridgehead atoms. The number of carbonyl (C=O) groups excluding carboxylic acids is 1. The predicted molar refractivity (Wildman–Crippen MR) is 79.5 cm³/mol. The van der Waals surface area contributed by atoms with E-state index in [1.807, 2.05) is 0 Å². The van der Waals surface area contributed by atoms with Crippen LogP contribution in [0.15, 0.2) is 18.2 Å². The quantitative estimate of drug-likeness (QED) is 0.928. The summed E-state index contributed by atoms with van der Waals surface area (Å²) in [7, 11) is 0. The predicted octanol–water partition coefficient (Wildman–Crippen LogP) is 3.24. The highest BCUT2D eigenvalue weighted by Crippen LogP contribution is 2.22. The fourth-order valence-electron chi connectivity index (χ4n) is 2.28. The fraction of sp³-hybridized carbons (Fsp3) is 0.562. The molecule has 1 aromatic rings. The summed E-state index contributed by atoms with van der Waals surface area (Å²) >= 11 is 0. The number of nitrogens with one attached hydrogen (secondary N) is 1. The highest BCUT2D eigenvalue weighted by atomic mass is 19.1. The van der Waals surface area contributed by atoms with Crippen LogP contribution < -0.4 is 5.32 Å². The summed E-state index contributed by atoms with van der Waals surface area (Å²) in [6, 6.07) is 2.82. The number of carbonyl (C=O) groups is 1. The van der Waals surface area contributed by atoms with Crippen molar-refractivity contribution < 1.29 is 18.3 Å². The number of ether oxygens (including phenoxy) is 1. The van der Waals surface area contributed by atoms with Crippen molar-refractivity contribution in [3.05, 3.63) is 35.4 Å². The number of hydrogen-bond acceptors (Lipinski definition) is 3. The van der Waals surface area contributed by atoms with Crippen LogP contribution in [0, 0.1) is 11.6 Å². The number of hydrogen-bond donors (Lipinski definition) is 1. The first-order chi connectivity index (χ1) is 10.2. The van der Waals surface area contributed by atoms with Crippen LogP contribution in [0.5, 0.6) is 0 Å². The first kappa shape index (κ1) is 16.7. The monoisotopic (exact) mass is 312 g/mol. The van der Waals surface area contributed by atoms with Crippen LogP contribution in [0.1, 0.15) is 38.8 Å². The van der Waals surface area contributed by atoms with Gasteiger partial charge in [-0.1, -0.05) is 6.07 Å². The maximum absolute atomic E-state index is 14.0. The minimum absolute atomic E-state index is 0.263.